The molecule has 1 aromatic carbocycles. The molecule has 3 heteroatoms. The second-order valence-corrected chi connectivity index (χ2v) is 4.49. The molecule has 88 valence electrons. The van der Waals surface area contributed by atoms with Crippen LogP contribution in [-0.2, 0) is 4.79 Å². The first-order valence-corrected chi connectivity index (χ1v) is 5.68. The number of aryl methyl sites for hydroxylation is 1. The van der Waals surface area contributed by atoms with Crippen molar-refractivity contribution in [3.8, 4) is 0 Å². The standard InChI is InChI=1S/C14H15NO2/c1-9-3-5-11(6-4-9)13(16)8-12-7-10(2)14(17)15-12/h3-6,8,10H,7H2,1-2H3,(H,15,17)/b12-8-. The molecule has 0 aromatic heterocycles. The van der Waals surface area contributed by atoms with E-state index < -0.39 is 0 Å². The first kappa shape index (κ1) is 11.6. The molecule has 0 spiro atoms. The number of rotatable bonds is 2. The van der Waals surface area contributed by atoms with Crippen LogP contribution in [0.1, 0.15) is 29.3 Å². The molecule has 1 heterocycles. The fourth-order valence-electron chi connectivity index (χ4n) is 1.81. The molecule has 1 aliphatic heterocycles. The van der Waals surface area contributed by atoms with E-state index in [9.17, 15) is 9.59 Å². The third kappa shape index (κ3) is 2.61. The molecule has 0 aliphatic carbocycles. The van der Waals surface area contributed by atoms with E-state index in [0.29, 0.717) is 17.7 Å². The molecule has 0 radical (unpaired) electrons. The van der Waals surface area contributed by atoms with Crippen molar-refractivity contribution in [2.75, 3.05) is 0 Å². The van der Waals surface area contributed by atoms with Crippen LogP contribution >= 0.6 is 0 Å². The summed E-state index contributed by atoms with van der Waals surface area (Å²) in [4.78, 5) is 23.2. The molecule has 1 atom stereocenters. The predicted octanol–water partition coefficient (Wildman–Crippen LogP) is 2.22. The minimum absolute atomic E-state index is 0.00652. The van der Waals surface area contributed by atoms with Crippen molar-refractivity contribution in [1.82, 2.24) is 5.32 Å². The van der Waals surface area contributed by atoms with Crippen LogP contribution in [0.5, 0.6) is 0 Å². The van der Waals surface area contributed by atoms with E-state index in [4.69, 9.17) is 0 Å². The molecule has 1 aromatic rings. The number of benzene rings is 1. The molecule has 1 amide bonds. The van der Waals surface area contributed by atoms with E-state index in [1.165, 1.54) is 6.08 Å². The summed E-state index contributed by atoms with van der Waals surface area (Å²) in [5.74, 6) is -0.102. The second-order valence-electron chi connectivity index (χ2n) is 4.49. The van der Waals surface area contributed by atoms with E-state index in [1.807, 2.05) is 26.0 Å². The van der Waals surface area contributed by atoms with Crippen LogP contribution in [0, 0.1) is 12.8 Å². The second kappa shape index (κ2) is 4.53. The van der Waals surface area contributed by atoms with Crippen LogP contribution in [0.3, 0.4) is 0 Å². The Labute approximate surface area is 101 Å². The summed E-state index contributed by atoms with van der Waals surface area (Å²) in [5, 5.41) is 2.72. The highest BCUT2D eigenvalue weighted by molar-refractivity contribution is 6.05. The maximum atomic E-state index is 11.9. The van der Waals surface area contributed by atoms with Crippen LogP contribution in [-0.4, -0.2) is 11.7 Å². The van der Waals surface area contributed by atoms with Gasteiger partial charge in [-0.3, -0.25) is 9.59 Å². The summed E-state index contributed by atoms with van der Waals surface area (Å²) in [6.07, 6.45) is 2.14. The summed E-state index contributed by atoms with van der Waals surface area (Å²) in [6.45, 7) is 3.83. The van der Waals surface area contributed by atoms with E-state index in [1.54, 1.807) is 12.1 Å². The molecule has 0 saturated carbocycles. The summed E-state index contributed by atoms with van der Waals surface area (Å²) >= 11 is 0. The van der Waals surface area contributed by atoms with Crippen LogP contribution in [0.25, 0.3) is 0 Å². The average molecular weight is 229 g/mol. The van der Waals surface area contributed by atoms with Gasteiger partial charge in [0.2, 0.25) is 5.91 Å². The van der Waals surface area contributed by atoms with Crippen LogP contribution in [0.15, 0.2) is 36.0 Å². The van der Waals surface area contributed by atoms with Crippen LogP contribution in [0.4, 0.5) is 0 Å². The molecular weight excluding hydrogens is 214 g/mol. The fraction of sp³-hybridized carbons (Fsp3) is 0.286. The van der Waals surface area contributed by atoms with Crippen molar-refractivity contribution in [1.29, 1.82) is 0 Å². The molecule has 1 unspecified atom stereocenters. The number of amides is 1. The van der Waals surface area contributed by atoms with E-state index in [0.717, 1.165) is 5.56 Å². The Morgan fingerprint density at radius 2 is 2.00 bits per heavy atom. The van der Waals surface area contributed by atoms with Gasteiger partial charge >= 0.3 is 0 Å². The SMILES string of the molecule is Cc1ccc(C(=O)/C=C2/CC(C)C(=O)N2)cc1. The van der Waals surface area contributed by atoms with Crippen molar-refractivity contribution >= 4 is 11.7 Å². The number of carbonyl (C=O) groups excluding carboxylic acids is 2. The maximum Gasteiger partial charge on any atom is 0.227 e. The third-order valence-electron chi connectivity index (χ3n) is 2.90. The molecule has 1 fully saturated rings. The number of ketones is 1. The van der Waals surface area contributed by atoms with E-state index in [2.05, 4.69) is 5.32 Å². The van der Waals surface area contributed by atoms with Gasteiger partial charge in [-0.2, -0.15) is 0 Å². The van der Waals surface area contributed by atoms with Gasteiger partial charge in [-0.1, -0.05) is 36.8 Å². The Kier molecular flexibility index (Phi) is 3.09. The molecule has 1 N–H and O–H groups in total. The lowest BCUT2D eigenvalue weighted by Gasteiger charge is -1.99. The third-order valence-corrected chi connectivity index (χ3v) is 2.90. The van der Waals surface area contributed by atoms with Crippen molar-refractivity contribution in [2.24, 2.45) is 5.92 Å². The zero-order valence-electron chi connectivity index (χ0n) is 9.99. The van der Waals surface area contributed by atoms with Gasteiger partial charge in [-0.15, -0.1) is 0 Å². The normalized spacial score (nSPS) is 21.6. The monoisotopic (exact) mass is 229 g/mol. The van der Waals surface area contributed by atoms with Crippen molar-refractivity contribution in [3.05, 3.63) is 47.2 Å². The molecule has 17 heavy (non-hydrogen) atoms. The summed E-state index contributed by atoms with van der Waals surface area (Å²) < 4.78 is 0. The van der Waals surface area contributed by atoms with E-state index in [-0.39, 0.29) is 17.6 Å². The summed E-state index contributed by atoms with van der Waals surface area (Å²) in [6, 6.07) is 7.41. The number of hydrogen-bond acceptors (Lipinski definition) is 2. The zero-order valence-corrected chi connectivity index (χ0v) is 9.99. The lowest BCUT2D eigenvalue weighted by molar-refractivity contribution is -0.121. The van der Waals surface area contributed by atoms with Crippen molar-refractivity contribution < 1.29 is 9.59 Å². The van der Waals surface area contributed by atoms with Crippen LogP contribution in [0.2, 0.25) is 0 Å². The fourth-order valence-corrected chi connectivity index (χ4v) is 1.81. The Morgan fingerprint density at radius 1 is 1.35 bits per heavy atom. The van der Waals surface area contributed by atoms with Gasteiger partial charge in [-0.05, 0) is 13.3 Å². The highest BCUT2D eigenvalue weighted by Crippen LogP contribution is 2.18. The summed E-state index contributed by atoms with van der Waals surface area (Å²) in [5.41, 5.74) is 2.49. The van der Waals surface area contributed by atoms with Crippen molar-refractivity contribution in [2.45, 2.75) is 20.3 Å². The minimum Gasteiger partial charge on any atom is -0.329 e. The number of nitrogens with one attached hydrogen (secondary N) is 1. The van der Waals surface area contributed by atoms with Crippen LogP contribution < -0.4 is 5.32 Å². The minimum atomic E-state index is -0.0607. The molecule has 1 aliphatic rings. The molecule has 2 rings (SSSR count). The number of hydrogen-bond donors (Lipinski definition) is 1. The first-order chi connectivity index (χ1) is 8.06. The average Bonchev–Trinajstić information content (AvgIpc) is 2.58. The van der Waals surface area contributed by atoms with Gasteiger partial charge in [-0.25, -0.2) is 0 Å². The predicted molar refractivity (Wildman–Crippen MR) is 65.5 cm³/mol. The molecule has 3 nitrogen and oxygen atoms in total. The van der Waals surface area contributed by atoms with Gasteiger partial charge in [0.15, 0.2) is 5.78 Å². The quantitative estimate of drug-likeness (QED) is 0.624. The Bertz CT molecular complexity index is 485. The maximum absolute atomic E-state index is 11.9. The highest BCUT2D eigenvalue weighted by Gasteiger charge is 2.23. The molecular formula is C14H15NO2. The Hall–Kier alpha value is -1.90. The number of carbonyl (C=O) groups is 2. The Balaban J connectivity index is 2.14. The summed E-state index contributed by atoms with van der Waals surface area (Å²) in [7, 11) is 0. The van der Waals surface area contributed by atoms with Gasteiger partial charge in [0.1, 0.15) is 0 Å². The lowest BCUT2D eigenvalue weighted by Crippen LogP contribution is -2.16. The first-order valence-electron chi connectivity index (χ1n) is 5.68. The largest absolute Gasteiger partial charge is 0.329 e. The Morgan fingerprint density at radius 3 is 2.53 bits per heavy atom. The zero-order chi connectivity index (χ0) is 12.4. The van der Waals surface area contributed by atoms with Gasteiger partial charge < -0.3 is 5.32 Å². The highest BCUT2D eigenvalue weighted by atomic mass is 16.2. The smallest absolute Gasteiger partial charge is 0.227 e. The molecule has 1 saturated heterocycles. The molecule has 0 bridgehead atoms. The van der Waals surface area contributed by atoms with E-state index >= 15 is 0 Å². The topological polar surface area (TPSA) is 46.2 Å². The van der Waals surface area contributed by atoms with Gasteiger partial charge in [0, 0.05) is 23.3 Å². The van der Waals surface area contributed by atoms with Gasteiger partial charge in [0.05, 0.1) is 0 Å². The van der Waals surface area contributed by atoms with Crippen molar-refractivity contribution in [3.63, 3.8) is 0 Å². The van der Waals surface area contributed by atoms with Gasteiger partial charge in [0.25, 0.3) is 0 Å². The number of allylic oxidation sites excluding steroid dienone is 2. The lowest BCUT2D eigenvalue weighted by atomic mass is 10.1.